The van der Waals surface area contributed by atoms with E-state index in [2.05, 4.69) is 27.3 Å². The first-order chi connectivity index (χ1) is 14.1. The molecule has 0 saturated carbocycles. The second-order valence-electron chi connectivity index (χ2n) is 7.63. The second kappa shape index (κ2) is 8.52. The fourth-order valence-electron chi connectivity index (χ4n) is 3.79. The third kappa shape index (κ3) is 4.34. The molecule has 4 rings (SSSR count). The molecule has 29 heavy (non-hydrogen) atoms. The van der Waals surface area contributed by atoms with Gasteiger partial charge in [0.25, 0.3) is 0 Å². The third-order valence-electron chi connectivity index (χ3n) is 5.67. The lowest BCUT2D eigenvalue weighted by Gasteiger charge is -2.17. The summed E-state index contributed by atoms with van der Waals surface area (Å²) in [4.78, 5) is 19.5. The average molecular weight is 389 g/mol. The van der Waals surface area contributed by atoms with Crippen molar-refractivity contribution in [2.45, 2.75) is 32.2 Å². The molecule has 1 aliphatic heterocycles. The molecule has 0 unspecified atom stereocenters. The van der Waals surface area contributed by atoms with E-state index in [4.69, 9.17) is 4.74 Å². The van der Waals surface area contributed by atoms with E-state index in [0.717, 1.165) is 46.6 Å². The van der Waals surface area contributed by atoms with E-state index in [-0.39, 0.29) is 11.8 Å². The number of fused-ring (bicyclic) bond motifs is 1. The number of nitrogens with one attached hydrogen (secondary N) is 1. The van der Waals surface area contributed by atoms with E-state index >= 15 is 0 Å². The Morgan fingerprint density at radius 1 is 1.10 bits per heavy atom. The molecule has 150 valence electrons. The Labute approximate surface area is 171 Å². The summed E-state index contributed by atoms with van der Waals surface area (Å²) in [5.74, 6) is 1.65. The molecule has 3 aromatic rings. The normalized spacial score (nSPS) is 14.8. The Morgan fingerprint density at radius 3 is 2.59 bits per heavy atom. The molecule has 1 N–H and O–H groups in total. The van der Waals surface area contributed by atoms with Gasteiger partial charge in [-0.2, -0.15) is 0 Å². The van der Waals surface area contributed by atoms with Crippen LogP contribution in [0.4, 0.5) is 5.82 Å². The molecule has 1 aliphatic rings. The number of methoxy groups -OCH3 is 1. The summed E-state index contributed by atoms with van der Waals surface area (Å²) in [5.41, 5.74) is 2.02. The van der Waals surface area contributed by atoms with Gasteiger partial charge in [-0.15, -0.1) is 0 Å². The maximum atomic E-state index is 12.7. The molecular weight excluding hydrogens is 362 g/mol. The van der Waals surface area contributed by atoms with Gasteiger partial charge in [-0.3, -0.25) is 4.79 Å². The van der Waals surface area contributed by atoms with Crippen LogP contribution in [0, 0.1) is 0 Å². The van der Waals surface area contributed by atoms with E-state index in [1.807, 2.05) is 49.5 Å². The SMILES string of the molecule is COc1ccc2cc([C@@H](C)C(=O)NCc3ccc(N4CCCC4)nc3)ccc2c1. The lowest BCUT2D eigenvalue weighted by Crippen LogP contribution is -2.27. The number of rotatable bonds is 6. The van der Waals surface area contributed by atoms with Crippen molar-refractivity contribution in [3.8, 4) is 5.75 Å². The molecule has 1 atom stereocenters. The van der Waals surface area contributed by atoms with Crippen molar-refractivity contribution >= 4 is 22.5 Å². The zero-order valence-electron chi connectivity index (χ0n) is 17.0. The predicted molar refractivity (Wildman–Crippen MR) is 116 cm³/mol. The van der Waals surface area contributed by atoms with Crippen LogP contribution >= 0.6 is 0 Å². The average Bonchev–Trinajstić information content (AvgIpc) is 3.31. The number of hydrogen-bond donors (Lipinski definition) is 1. The molecule has 0 radical (unpaired) electrons. The van der Waals surface area contributed by atoms with Gasteiger partial charge in [0.1, 0.15) is 11.6 Å². The standard InChI is InChI=1S/C24H27N3O2/c1-17(19-6-7-21-14-22(29-2)9-8-20(21)13-19)24(28)26-16-18-5-10-23(25-15-18)27-11-3-4-12-27/h5-10,13-15,17H,3-4,11-12,16H2,1-2H3,(H,26,28)/t17-/m1/s1. The molecular formula is C24H27N3O2. The molecule has 0 aliphatic carbocycles. The summed E-state index contributed by atoms with van der Waals surface area (Å²) in [6, 6.07) is 16.2. The van der Waals surface area contributed by atoms with Crippen LogP contribution in [-0.2, 0) is 11.3 Å². The van der Waals surface area contributed by atoms with Gasteiger partial charge in [0.2, 0.25) is 5.91 Å². The third-order valence-corrected chi connectivity index (χ3v) is 5.67. The molecule has 2 aromatic carbocycles. The number of nitrogens with zero attached hydrogens (tertiary/aromatic N) is 2. The van der Waals surface area contributed by atoms with E-state index in [0.29, 0.717) is 6.54 Å². The van der Waals surface area contributed by atoms with Gasteiger partial charge in [-0.05, 0) is 59.9 Å². The number of carbonyl (C=O) groups is 1. The topological polar surface area (TPSA) is 54.5 Å². The van der Waals surface area contributed by atoms with Crippen LogP contribution in [0.2, 0.25) is 0 Å². The first-order valence-electron chi connectivity index (χ1n) is 10.2. The van der Waals surface area contributed by atoms with Crippen LogP contribution < -0.4 is 15.0 Å². The number of amides is 1. The van der Waals surface area contributed by atoms with Crippen molar-refractivity contribution in [3.63, 3.8) is 0 Å². The van der Waals surface area contributed by atoms with Gasteiger partial charge >= 0.3 is 0 Å². The fourth-order valence-corrected chi connectivity index (χ4v) is 3.79. The highest BCUT2D eigenvalue weighted by Crippen LogP contribution is 2.25. The largest absolute Gasteiger partial charge is 0.497 e. The van der Waals surface area contributed by atoms with Crippen molar-refractivity contribution in [1.29, 1.82) is 0 Å². The van der Waals surface area contributed by atoms with Crippen LogP contribution in [-0.4, -0.2) is 31.1 Å². The molecule has 5 nitrogen and oxygen atoms in total. The summed E-state index contributed by atoms with van der Waals surface area (Å²) in [6.45, 7) is 4.59. The zero-order chi connectivity index (χ0) is 20.2. The maximum absolute atomic E-state index is 12.7. The lowest BCUT2D eigenvalue weighted by molar-refractivity contribution is -0.122. The van der Waals surface area contributed by atoms with Gasteiger partial charge in [-0.1, -0.05) is 30.3 Å². The molecule has 0 spiro atoms. The second-order valence-corrected chi connectivity index (χ2v) is 7.63. The van der Waals surface area contributed by atoms with Crippen LogP contribution in [0.1, 0.15) is 36.8 Å². The van der Waals surface area contributed by atoms with Gasteiger partial charge in [0, 0.05) is 25.8 Å². The summed E-state index contributed by atoms with van der Waals surface area (Å²) >= 11 is 0. The van der Waals surface area contributed by atoms with Crippen LogP contribution in [0.5, 0.6) is 5.75 Å². The van der Waals surface area contributed by atoms with Crippen LogP contribution in [0.15, 0.2) is 54.7 Å². The van der Waals surface area contributed by atoms with Crippen molar-refractivity contribution in [3.05, 3.63) is 65.9 Å². The van der Waals surface area contributed by atoms with E-state index < -0.39 is 0 Å². The zero-order valence-corrected chi connectivity index (χ0v) is 17.0. The molecule has 1 aromatic heterocycles. The lowest BCUT2D eigenvalue weighted by atomic mass is 9.97. The number of anilines is 1. The Hall–Kier alpha value is -3.08. The quantitative estimate of drug-likeness (QED) is 0.684. The number of ether oxygens (including phenoxy) is 1. The molecule has 1 amide bonds. The molecule has 1 saturated heterocycles. The highest BCUT2D eigenvalue weighted by molar-refractivity contribution is 5.88. The minimum Gasteiger partial charge on any atom is -0.497 e. The van der Waals surface area contributed by atoms with Crippen molar-refractivity contribution < 1.29 is 9.53 Å². The van der Waals surface area contributed by atoms with E-state index in [1.165, 1.54) is 12.8 Å². The van der Waals surface area contributed by atoms with E-state index in [9.17, 15) is 4.79 Å². The number of carbonyl (C=O) groups excluding carboxylic acids is 1. The Morgan fingerprint density at radius 2 is 1.86 bits per heavy atom. The molecule has 0 bridgehead atoms. The van der Waals surface area contributed by atoms with Gasteiger partial charge in [0.15, 0.2) is 0 Å². The molecule has 2 heterocycles. The number of pyridine rings is 1. The summed E-state index contributed by atoms with van der Waals surface area (Å²) in [6.07, 6.45) is 4.33. The first kappa shape index (κ1) is 19.2. The van der Waals surface area contributed by atoms with Crippen molar-refractivity contribution in [2.75, 3.05) is 25.1 Å². The molecule has 5 heteroatoms. The Bertz CT molecular complexity index is 995. The Balaban J connectivity index is 1.38. The summed E-state index contributed by atoms with van der Waals surface area (Å²) in [7, 11) is 1.66. The highest BCUT2D eigenvalue weighted by Gasteiger charge is 2.16. The van der Waals surface area contributed by atoms with Crippen LogP contribution in [0.3, 0.4) is 0 Å². The number of benzene rings is 2. The van der Waals surface area contributed by atoms with E-state index in [1.54, 1.807) is 7.11 Å². The van der Waals surface area contributed by atoms with Crippen molar-refractivity contribution in [2.24, 2.45) is 0 Å². The minimum atomic E-state index is -0.224. The summed E-state index contributed by atoms with van der Waals surface area (Å²) < 4.78 is 5.28. The first-order valence-corrected chi connectivity index (χ1v) is 10.2. The van der Waals surface area contributed by atoms with Crippen molar-refractivity contribution in [1.82, 2.24) is 10.3 Å². The maximum Gasteiger partial charge on any atom is 0.227 e. The fraction of sp³-hybridized carbons (Fsp3) is 0.333. The minimum absolute atomic E-state index is 0.0153. The van der Waals surface area contributed by atoms with Gasteiger partial charge in [0.05, 0.1) is 13.0 Å². The monoisotopic (exact) mass is 389 g/mol. The van der Waals surface area contributed by atoms with Gasteiger partial charge < -0.3 is 15.0 Å². The van der Waals surface area contributed by atoms with Crippen LogP contribution in [0.25, 0.3) is 10.8 Å². The summed E-state index contributed by atoms with van der Waals surface area (Å²) in [5, 5.41) is 5.24. The molecule has 1 fully saturated rings. The Kier molecular flexibility index (Phi) is 5.65. The number of hydrogen-bond acceptors (Lipinski definition) is 4. The smallest absolute Gasteiger partial charge is 0.227 e. The number of aromatic nitrogens is 1. The van der Waals surface area contributed by atoms with Gasteiger partial charge in [-0.25, -0.2) is 4.98 Å². The highest BCUT2D eigenvalue weighted by atomic mass is 16.5. The predicted octanol–water partition coefficient (Wildman–Crippen LogP) is 4.26.